The number of fused-ring (bicyclic) bond motifs is 1. The number of halogens is 1. The summed E-state index contributed by atoms with van der Waals surface area (Å²) in [5.41, 5.74) is 1.76. The molecule has 0 aliphatic carbocycles. The number of hydrogen-bond donors (Lipinski definition) is 2. The van der Waals surface area contributed by atoms with Gasteiger partial charge in [0.1, 0.15) is 6.04 Å². The fourth-order valence-electron chi connectivity index (χ4n) is 3.03. The Labute approximate surface area is 140 Å². The van der Waals surface area contributed by atoms with Crippen LogP contribution in [0.2, 0.25) is 0 Å². The fourth-order valence-corrected chi connectivity index (χ4v) is 3.14. The number of aliphatic hydroxyl groups excluding tert-OH is 1. The molecular weight excluding hydrogens is 318 g/mol. The van der Waals surface area contributed by atoms with Crippen molar-refractivity contribution in [1.82, 2.24) is 9.80 Å². The molecule has 1 aromatic carbocycles. The van der Waals surface area contributed by atoms with Gasteiger partial charge in [-0.2, -0.15) is 0 Å². The molecule has 2 aliphatic rings. The molecule has 7 heteroatoms. The van der Waals surface area contributed by atoms with Crippen LogP contribution in [0.25, 0.3) is 0 Å². The summed E-state index contributed by atoms with van der Waals surface area (Å²) in [4.78, 5) is 27.6. The zero-order valence-corrected chi connectivity index (χ0v) is 13.5. The van der Waals surface area contributed by atoms with E-state index >= 15 is 0 Å². The van der Waals surface area contributed by atoms with Gasteiger partial charge in [-0.25, -0.2) is 4.79 Å². The number of anilines is 1. The van der Waals surface area contributed by atoms with Gasteiger partial charge in [-0.15, -0.1) is 11.6 Å². The van der Waals surface area contributed by atoms with Crippen LogP contribution < -0.4 is 5.32 Å². The molecule has 0 radical (unpaired) electrons. The maximum absolute atomic E-state index is 12.3. The Morgan fingerprint density at radius 3 is 2.70 bits per heavy atom. The number of amides is 3. The van der Waals surface area contributed by atoms with E-state index in [0.717, 1.165) is 24.1 Å². The van der Waals surface area contributed by atoms with E-state index in [4.69, 9.17) is 11.6 Å². The molecule has 2 fully saturated rings. The van der Waals surface area contributed by atoms with Crippen molar-refractivity contribution in [2.24, 2.45) is 0 Å². The lowest BCUT2D eigenvalue weighted by atomic mass is 10.1. The average Bonchev–Trinajstić information content (AvgIpc) is 3.13. The standard InChI is InChI=1S/C16H20ClN3O3/c17-8-13(21)9-18-12-5-3-11(4-6-12)10-20-15(22)14-2-1-7-19(14)16(20)23/h3-6,13-14,18,21H,1-2,7-10H2. The number of hydrogen-bond acceptors (Lipinski definition) is 4. The van der Waals surface area contributed by atoms with E-state index in [1.807, 2.05) is 24.3 Å². The number of imide groups is 1. The van der Waals surface area contributed by atoms with Crippen molar-refractivity contribution in [1.29, 1.82) is 0 Å². The minimum atomic E-state index is -0.593. The van der Waals surface area contributed by atoms with Gasteiger partial charge in [0.05, 0.1) is 18.5 Å². The van der Waals surface area contributed by atoms with Crippen LogP contribution in [0.1, 0.15) is 18.4 Å². The molecule has 2 aliphatic heterocycles. The predicted molar refractivity (Wildman–Crippen MR) is 87.3 cm³/mol. The molecule has 0 saturated carbocycles. The number of carbonyl (C=O) groups is 2. The second-order valence-corrected chi connectivity index (χ2v) is 6.25. The fraction of sp³-hybridized carbons (Fsp3) is 0.500. The van der Waals surface area contributed by atoms with E-state index in [2.05, 4.69) is 5.32 Å². The van der Waals surface area contributed by atoms with Crippen LogP contribution in [0.15, 0.2) is 24.3 Å². The Morgan fingerprint density at radius 2 is 2.04 bits per heavy atom. The van der Waals surface area contributed by atoms with Gasteiger partial charge in [-0.3, -0.25) is 9.69 Å². The van der Waals surface area contributed by atoms with Gasteiger partial charge >= 0.3 is 6.03 Å². The number of alkyl halides is 1. The number of nitrogens with one attached hydrogen (secondary N) is 1. The molecule has 1 aromatic rings. The summed E-state index contributed by atoms with van der Waals surface area (Å²) in [7, 11) is 0. The summed E-state index contributed by atoms with van der Waals surface area (Å²) in [6.07, 6.45) is 1.08. The van der Waals surface area contributed by atoms with E-state index in [1.54, 1.807) is 4.90 Å². The first-order valence-electron chi connectivity index (χ1n) is 7.79. The Kier molecular flexibility index (Phi) is 4.73. The van der Waals surface area contributed by atoms with Crippen molar-refractivity contribution < 1.29 is 14.7 Å². The number of urea groups is 1. The molecule has 0 bridgehead atoms. The number of nitrogens with zero attached hydrogens (tertiary/aromatic N) is 2. The highest BCUT2D eigenvalue weighted by atomic mass is 35.5. The lowest BCUT2D eigenvalue weighted by molar-refractivity contribution is -0.128. The zero-order chi connectivity index (χ0) is 16.4. The Hall–Kier alpha value is -1.79. The van der Waals surface area contributed by atoms with E-state index in [1.165, 1.54) is 4.90 Å². The number of benzene rings is 1. The maximum atomic E-state index is 12.3. The van der Waals surface area contributed by atoms with Gasteiger partial charge in [0.2, 0.25) is 0 Å². The lowest BCUT2D eigenvalue weighted by Gasteiger charge is -2.16. The summed E-state index contributed by atoms with van der Waals surface area (Å²) in [5.74, 6) is 0.0991. The Bertz CT molecular complexity index is 571. The number of aliphatic hydroxyl groups is 1. The summed E-state index contributed by atoms with van der Waals surface area (Å²) in [5, 5.41) is 12.5. The minimum absolute atomic E-state index is 0.0834. The molecule has 3 amide bonds. The molecular formula is C16H20ClN3O3. The largest absolute Gasteiger partial charge is 0.390 e. The van der Waals surface area contributed by atoms with Crippen LogP contribution in [-0.2, 0) is 11.3 Å². The molecule has 2 heterocycles. The topological polar surface area (TPSA) is 72.9 Å². The van der Waals surface area contributed by atoms with Crippen molar-refractivity contribution in [2.75, 3.05) is 24.3 Å². The second-order valence-electron chi connectivity index (χ2n) is 5.94. The Balaban J connectivity index is 1.60. The molecule has 0 aromatic heterocycles. The smallest absolute Gasteiger partial charge is 0.327 e. The Morgan fingerprint density at radius 1 is 1.30 bits per heavy atom. The van der Waals surface area contributed by atoms with Crippen LogP contribution in [0.3, 0.4) is 0 Å². The summed E-state index contributed by atoms with van der Waals surface area (Å²) in [6, 6.07) is 7.05. The molecule has 2 unspecified atom stereocenters. The highest BCUT2D eigenvalue weighted by molar-refractivity contribution is 6.18. The quantitative estimate of drug-likeness (QED) is 0.611. The molecule has 2 saturated heterocycles. The van der Waals surface area contributed by atoms with Crippen molar-refractivity contribution in [3.8, 4) is 0 Å². The van der Waals surface area contributed by atoms with Gasteiger partial charge < -0.3 is 15.3 Å². The monoisotopic (exact) mass is 337 g/mol. The van der Waals surface area contributed by atoms with Crippen molar-refractivity contribution in [3.63, 3.8) is 0 Å². The SMILES string of the molecule is O=C1C2CCCN2C(=O)N1Cc1ccc(NCC(O)CCl)cc1. The van der Waals surface area contributed by atoms with Crippen LogP contribution in [-0.4, -0.2) is 58.0 Å². The molecule has 6 nitrogen and oxygen atoms in total. The third-order valence-electron chi connectivity index (χ3n) is 4.30. The lowest BCUT2D eigenvalue weighted by Crippen LogP contribution is -2.32. The number of rotatable bonds is 6. The van der Waals surface area contributed by atoms with Gasteiger partial charge in [0, 0.05) is 18.8 Å². The summed E-state index contributed by atoms with van der Waals surface area (Å²) >= 11 is 5.54. The third-order valence-corrected chi connectivity index (χ3v) is 4.65. The van der Waals surface area contributed by atoms with Gasteiger partial charge in [0.15, 0.2) is 0 Å². The van der Waals surface area contributed by atoms with Crippen molar-refractivity contribution >= 4 is 29.2 Å². The maximum Gasteiger partial charge on any atom is 0.327 e. The van der Waals surface area contributed by atoms with Gasteiger partial charge in [-0.1, -0.05) is 12.1 Å². The van der Waals surface area contributed by atoms with Crippen LogP contribution in [0, 0.1) is 0 Å². The minimum Gasteiger partial charge on any atom is -0.390 e. The highest BCUT2D eigenvalue weighted by Crippen LogP contribution is 2.28. The summed E-state index contributed by atoms with van der Waals surface area (Å²) in [6.45, 7) is 1.36. The van der Waals surface area contributed by atoms with Crippen LogP contribution in [0.5, 0.6) is 0 Å². The van der Waals surface area contributed by atoms with E-state index in [-0.39, 0.29) is 23.9 Å². The molecule has 2 N–H and O–H groups in total. The van der Waals surface area contributed by atoms with Crippen molar-refractivity contribution in [2.45, 2.75) is 31.5 Å². The molecule has 0 spiro atoms. The van der Waals surface area contributed by atoms with Crippen LogP contribution >= 0.6 is 11.6 Å². The zero-order valence-electron chi connectivity index (χ0n) is 12.7. The van der Waals surface area contributed by atoms with Crippen molar-refractivity contribution in [3.05, 3.63) is 29.8 Å². The normalized spacial score (nSPS) is 21.7. The predicted octanol–water partition coefficient (Wildman–Crippen LogP) is 1.62. The van der Waals surface area contributed by atoms with Crippen LogP contribution in [0.4, 0.5) is 10.5 Å². The number of carbonyl (C=O) groups excluding carboxylic acids is 2. The first-order valence-corrected chi connectivity index (χ1v) is 8.32. The van der Waals surface area contributed by atoms with E-state index < -0.39 is 6.10 Å². The second kappa shape index (κ2) is 6.76. The van der Waals surface area contributed by atoms with Gasteiger partial charge in [-0.05, 0) is 30.5 Å². The average molecular weight is 338 g/mol. The molecule has 124 valence electrons. The highest BCUT2D eigenvalue weighted by Gasteiger charge is 2.47. The van der Waals surface area contributed by atoms with Gasteiger partial charge in [0.25, 0.3) is 5.91 Å². The summed E-state index contributed by atoms with van der Waals surface area (Å²) < 4.78 is 0. The van der Waals surface area contributed by atoms with E-state index in [0.29, 0.717) is 19.6 Å². The van der Waals surface area contributed by atoms with E-state index in [9.17, 15) is 14.7 Å². The first kappa shape index (κ1) is 16.1. The molecule has 23 heavy (non-hydrogen) atoms. The molecule has 2 atom stereocenters. The third kappa shape index (κ3) is 3.28. The molecule has 3 rings (SSSR count). The first-order chi connectivity index (χ1) is 11.1.